The highest BCUT2D eigenvalue weighted by Gasteiger charge is 2.53. The molecule has 2 aliphatic rings. The molecule has 1 aliphatic heterocycles. The van der Waals surface area contributed by atoms with Crippen molar-refractivity contribution in [3.8, 4) is 0 Å². The van der Waals surface area contributed by atoms with Crippen LogP contribution in [0.4, 0.5) is 10.5 Å². The first-order valence-electron chi connectivity index (χ1n) is 6.45. The van der Waals surface area contributed by atoms with Gasteiger partial charge in [-0.05, 0) is 30.7 Å². The van der Waals surface area contributed by atoms with Crippen molar-refractivity contribution >= 4 is 17.6 Å². The molecule has 0 unspecified atom stereocenters. The molecular weight excluding hydrogens is 242 g/mol. The Balaban J connectivity index is 2.05. The second-order valence-electron chi connectivity index (χ2n) is 4.90. The first kappa shape index (κ1) is 12.0. The lowest BCUT2D eigenvalue weighted by molar-refractivity contribution is -0.116. The van der Waals surface area contributed by atoms with Gasteiger partial charge in [0.1, 0.15) is 0 Å². The van der Waals surface area contributed by atoms with Gasteiger partial charge in [0, 0.05) is 12.1 Å². The van der Waals surface area contributed by atoms with Crippen LogP contribution in [0.3, 0.4) is 0 Å². The van der Waals surface area contributed by atoms with E-state index in [2.05, 4.69) is 0 Å². The van der Waals surface area contributed by atoms with Crippen LogP contribution in [-0.2, 0) is 9.53 Å². The minimum atomic E-state index is -0.666. The van der Waals surface area contributed by atoms with Crippen LogP contribution in [-0.4, -0.2) is 23.5 Å². The maximum Gasteiger partial charge on any atom is 0.415 e. The molecule has 0 N–H and O–H groups in total. The van der Waals surface area contributed by atoms with Gasteiger partial charge in [-0.2, -0.15) is 0 Å². The van der Waals surface area contributed by atoms with Crippen LogP contribution < -0.4 is 4.90 Å². The summed E-state index contributed by atoms with van der Waals surface area (Å²) in [7, 11) is 0. The van der Waals surface area contributed by atoms with Gasteiger partial charge in [0.2, 0.25) is 0 Å². The van der Waals surface area contributed by atoms with E-state index in [1.807, 2.05) is 37.3 Å². The zero-order valence-corrected chi connectivity index (χ0v) is 10.7. The van der Waals surface area contributed by atoms with Gasteiger partial charge in [-0.25, -0.2) is 4.79 Å². The third kappa shape index (κ3) is 1.75. The number of ether oxygens (including phenoxy) is 1. The first-order valence-corrected chi connectivity index (χ1v) is 6.45. The minimum absolute atomic E-state index is 0.0355. The Morgan fingerprint density at radius 3 is 2.74 bits per heavy atom. The predicted molar refractivity (Wildman–Crippen MR) is 71.0 cm³/mol. The molecule has 0 saturated carbocycles. The fourth-order valence-corrected chi connectivity index (χ4v) is 2.83. The molecule has 0 bridgehead atoms. The summed E-state index contributed by atoms with van der Waals surface area (Å²) in [5.74, 6) is 0.0355. The molecule has 3 rings (SSSR count). The fraction of sp³-hybridized carbons (Fsp3) is 0.333. The Kier molecular flexibility index (Phi) is 2.66. The highest BCUT2D eigenvalue weighted by atomic mass is 16.6. The molecule has 1 heterocycles. The molecule has 1 aliphatic carbocycles. The molecule has 4 nitrogen and oxygen atoms in total. The monoisotopic (exact) mass is 257 g/mol. The fourth-order valence-electron chi connectivity index (χ4n) is 2.83. The molecule has 1 fully saturated rings. The number of fused-ring (bicyclic) bond motifs is 1. The van der Waals surface area contributed by atoms with Crippen molar-refractivity contribution in [1.82, 2.24) is 0 Å². The summed E-state index contributed by atoms with van der Waals surface area (Å²) < 4.78 is 5.57. The van der Waals surface area contributed by atoms with Crippen molar-refractivity contribution in [2.24, 2.45) is 0 Å². The van der Waals surface area contributed by atoms with E-state index in [1.165, 1.54) is 6.08 Å². The van der Waals surface area contributed by atoms with Crippen LogP contribution in [0.15, 0.2) is 42.5 Å². The highest BCUT2D eigenvalue weighted by molar-refractivity contribution is 5.98. The Bertz CT molecular complexity index is 552. The number of amides is 1. The van der Waals surface area contributed by atoms with E-state index in [0.717, 1.165) is 5.69 Å². The summed E-state index contributed by atoms with van der Waals surface area (Å²) in [5, 5.41) is 0. The van der Waals surface area contributed by atoms with Gasteiger partial charge in [0.25, 0.3) is 0 Å². The zero-order chi connectivity index (χ0) is 13.5. The van der Waals surface area contributed by atoms with Gasteiger partial charge < -0.3 is 4.74 Å². The molecule has 0 spiro atoms. The van der Waals surface area contributed by atoms with Crippen LogP contribution in [0, 0.1) is 0 Å². The average molecular weight is 257 g/mol. The van der Waals surface area contributed by atoms with E-state index >= 15 is 0 Å². The van der Waals surface area contributed by atoms with E-state index in [0.29, 0.717) is 12.8 Å². The standard InChI is InChI=1S/C15H15NO3/c1-2-15-9-8-12(17)10-13(15)16(14(18)19-15)11-6-4-3-5-7-11/h3-9,13H,2,10H2,1H3/t13-,15+/m0/s1. The molecule has 98 valence electrons. The van der Waals surface area contributed by atoms with Gasteiger partial charge in [0.05, 0.1) is 6.04 Å². The number of anilines is 1. The number of hydrogen-bond acceptors (Lipinski definition) is 3. The van der Waals surface area contributed by atoms with Crippen molar-refractivity contribution < 1.29 is 14.3 Å². The number of nitrogens with zero attached hydrogens (tertiary/aromatic N) is 1. The first-order chi connectivity index (χ1) is 9.16. The Hall–Kier alpha value is -2.10. The normalized spacial score (nSPS) is 29.3. The highest BCUT2D eigenvalue weighted by Crippen LogP contribution is 2.41. The quantitative estimate of drug-likeness (QED) is 0.818. The number of carbonyl (C=O) groups excluding carboxylic acids is 2. The van der Waals surface area contributed by atoms with Crippen LogP contribution in [0.25, 0.3) is 0 Å². The Morgan fingerprint density at radius 2 is 2.05 bits per heavy atom. The molecule has 0 aromatic heterocycles. The maximum absolute atomic E-state index is 12.2. The number of carbonyl (C=O) groups is 2. The van der Waals surface area contributed by atoms with Gasteiger partial charge >= 0.3 is 6.09 Å². The predicted octanol–water partition coefficient (Wildman–Crippen LogP) is 2.69. The van der Waals surface area contributed by atoms with Crippen molar-refractivity contribution in [1.29, 1.82) is 0 Å². The third-order valence-corrected chi connectivity index (χ3v) is 3.88. The summed E-state index contributed by atoms with van der Waals surface area (Å²) in [6, 6.07) is 9.10. The second-order valence-corrected chi connectivity index (χ2v) is 4.90. The van der Waals surface area contributed by atoms with Crippen LogP contribution in [0.1, 0.15) is 19.8 Å². The number of para-hydroxylation sites is 1. The van der Waals surface area contributed by atoms with Crippen LogP contribution >= 0.6 is 0 Å². The molecule has 4 heteroatoms. The van der Waals surface area contributed by atoms with Crippen LogP contribution in [0.2, 0.25) is 0 Å². The molecule has 2 atom stereocenters. The topological polar surface area (TPSA) is 46.6 Å². The summed E-state index contributed by atoms with van der Waals surface area (Å²) >= 11 is 0. The zero-order valence-electron chi connectivity index (χ0n) is 10.7. The van der Waals surface area contributed by atoms with E-state index in [-0.39, 0.29) is 17.9 Å². The number of ketones is 1. The van der Waals surface area contributed by atoms with E-state index < -0.39 is 5.60 Å². The molecular formula is C15H15NO3. The van der Waals surface area contributed by atoms with E-state index in [1.54, 1.807) is 11.0 Å². The number of benzene rings is 1. The molecule has 19 heavy (non-hydrogen) atoms. The lowest BCUT2D eigenvalue weighted by Crippen LogP contribution is -2.47. The summed E-state index contributed by atoms with van der Waals surface area (Å²) in [6.45, 7) is 1.97. The van der Waals surface area contributed by atoms with Crippen molar-refractivity contribution in [3.63, 3.8) is 0 Å². The van der Waals surface area contributed by atoms with Crippen molar-refractivity contribution in [2.75, 3.05) is 4.90 Å². The third-order valence-electron chi connectivity index (χ3n) is 3.88. The van der Waals surface area contributed by atoms with Gasteiger partial charge in [-0.3, -0.25) is 9.69 Å². The number of hydrogen-bond donors (Lipinski definition) is 0. The molecule has 1 aromatic carbocycles. The molecule has 1 saturated heterocycles. The largest absolute Gasteiger partial charge is 0.436 e. The summed E-state index contributed by atoms with van der Waals surface area (Å²) in [5.41, 5.74) is 0.108. The molecule has 0 radical (unpaired) electrons. The van der Waals surface area contributed by atoms with Crippen molar-refractivity contribution in [2.45, 2.75) is 31.4 Å². The lowest BCUT2D eigenvalue weighted by atomic mass is 9.83. The average Bonchev–Trinajstić information content (AvgIpc) is 2.72. The lowest BCUT2D eigenvalue weighted by Gasteiger charge is -2.33. The molecule has 1 aromatic rings. The van der Waals surface area contributed by atoms with E-state index in [9.17, 15) is 9.59 Å². The van der Waals surface area contributed by atoms with Crippen molar-refractivity contribution in [3.05, 3.63) is 42.5 Å². The molecule has 1 amide bonds. The Morgan fingerprint density at radius 1 is 1.32 bits per heavy atom. The van der Waals surface area contributed by atoms with Gasteiger partial charge in [-0.1, -0.05) is 25.1 Å². The second kappa shape index (κ2) is 4.23. The smallest absolute Gasteiger partial charge is 0.415 e. The minimum Gasteiger partial charge on any atom is -0.436 e. The SMILES string of the molecule is CC[C@@]12C=CC(=O)C[C@@H]1N(c1ccccc1)C(=O)O2. The number of rotatable bonds is 2. The van der Waals surface area contributed by atoms with Gasteiger partial charge in [0.15, 0.2) is 11.4 Å². The van der Waals surface area contributed by atoms with Gasteiger partial charge in [-0.15, -0.1) is 0 Å². The Labute approximate surface area is 111 Å². The maximum atomic E-state index is 12.2. The van der Waals surface area contributed by atoms with Crippen LogP contribution in [0.5, 0.6) is 0 Å². The number of allylic oxidation sites excluding steroid dienone is 1. The van der Waals surface area contributed by atoms with E-state index in [4.69, 9.17) is 4.74 Å². The summed E-state index contributed by atoms with van der Waals surface area (Å²) in [6.07, 6.45) is 3.87. The summed E-state index contributed by atoms with van der Waals surface area (Å²) in [4.78, 5) is 25.4.